The normalized spacial score (nSPS) is 11.4. The van der Waals surface area contributed by atoms with Crippen molar-refractivity contribution in [3.63, 3.8) is 0 Å². The molecule has 0 saturated heterocycles. The first-order valence-corrected chi connectivity index (χ1v) is 11.1. The fourth-order valence-corrected chi connectivity index (χ4v) is 4.15. The van der Waals surface area contributed by atoms with Gasteiger partial charge in [-0.1, -0.05) is 11.6 Å². The third-order valence-corrected chi connectivity index (χ3v) is 5.83. The molecule has 0 spiro atoms. The molecular weight excluding hydrogens is 400 g/mol. The van der Waals surface area contributed by atoms with Crippen molar-refractivity contribution < 1.29 is 13.2 Å². The molecule has 4 aromatic rings. The lowest BCUT2D eigenvalue weighted by Gasteiger charge is -2.15. The Kier molecular flexibility index (Phi) is 5.09. The molecule has 0 aliphatic carbocycles. The highest BCUT2D eigenvalue weighted by Gasteiger charge is 2.16. The van der Waals surface area contributed by atoms with Crippen LogP contribution >= 0.6 is 0 Å². The number of aromatic nitrogens is 3. The zero-order valence-electron chi connectivity index (χ0n) is 16.7. The second kappa shape index (κ2) is 7.72. The number of anilines is 2. The third-order valence-electron chi connectivity index (χ3n) is 4.68. The SMILES string of the molecule is COc1ccc(C)cc1-c1cc(Nc2cnccc2S(C)(=O)=O)cc2nccnc12. The van der Waals surface area contributed by atoms with E-state index in [-0.39, 0.29) is 4.90 Å². The number of nitrogens with zero attached hydrogens (tertiary/aromatic N) is 3. The lowest BCUT2D eigenvalue weighted by atomic mass is 9.99. The molecule has 2 aromatic heterocycles. The van der Waals surface area contributed by atoms with Gasteiger partial charge in [-0.15, -0.1) is 0 Å². The molecule has 0 atom stereocenters. The zero-order valence-corrected chi connectivity index (χ0v) is 17.6. The number of sulfone groups is 1. The number of hydrogen-bond acceptors (Lipinski definition) is 7. The largest absolute Gasteiger partial charge is 0.496 e. The maximum absolute atomic E-state index is 12.2. The molecule has 7 nitrogen and oxygen atoms in total. The molecule has 8 heteroatoms. The van der Waals surface area contributed by atoms with Crippen molar-refractivity contribution in [2.24, 2.45) is 0 Å². The third kappa shape index (κ3) is 3.81. The van der Waals surface area contributed by atoms with E-state index in [4.69, 9.17) is 4.74 Å². The Labute approximate surface area is 174 Å². The number of methoxy groups -OCH3 is 1. The minimum Gasteiger partial charge on any atom is -0.496 e. The van der Waals surface area contributed by atoms with Crippen molar-refractivity contribution in [1.29, 1.82) is 0 Å². The van der Waals surface area contributed by atoms with Crippen molar-refractivity contribution in [1.82, 2.24) is 15.0 Å². The highest BCUT2D eigenvalue weighted by molar-refractivity contribution is 7.90. The number of pyridine rings is 1. The lowest BCUT2D eigenvalue weighted by Crippen LogP contribution is -2.03. The Hall–Kier alpha value is -3.52. The van der Waals surface area contributed by atoms with Crippen LogP contribution in [0.5, 0.6) is 5.75 Å². The summed E-state index contributed by atoms with van der Waals surface area (Å²) in [4.78, 5) is 13.2. The molecule has 0 amide bonds. The van der Waals surface area contributed by atoms with Gasteiger partial charge in [0.15, 0.2) is 9.84 Å². The Morgan fingerprint density at radius 3 is 2.53 bits per heavy atom. The van der Waals surface area contributed by atoms with Crippen molar-refractivity contribution in [3.8, 4) is 16.9 Å². The molecule has 0 radical (unpaired) electrons. The first kappa shape index (κ1) is 19.8. The van der Waals surface area contributed by atoms with Gasteiger partial charge in [-0.25, -0.2) is 8.42 Å². The fraction of sp³-hybridized carbons (Fsp3) is 0.136. The van der Waals surface area contributed by atoms with Crippen LogP contribution in [0.2, 0.25) is 0 Å². The van der Waals surface area contributed by atoms with E-state index in [9.17, 15) is 8.42 Å². The van der Waals surface area contributed by atoms with Crippen molar-refractivity contribution in [3.05, 3.63) is 66.7 Å². The van der Waals surface area contributed by atoms with Crippen LogP contribution in [0.25, 0.3) is 22.2 Å². The van der Waals surface area contributed by atoms with Crippen LogP contribution in [0.3, 0.4) is 0 Å². The van der Waals surface area contributed by atoms with Gasteiger partial charge < -0.3 is 10.1 Å². The average molecular weight is 420 g/mol. The molecule has 0 unspecified atom stereocenters. The Bertz CT molecular complexity index is 1350. The maximum atomic E-state index is 12.2. The summed E-state index contributed by atoms with van der Waals surface area (Å²) in [6.45, 7) is 2.01. The molecule has 0 aliphatic heterocycles. The van der Waals surface area contributed by atoms with Gasteiger partial charge in [-0.2, -0.15) is 0 Å². The smallest absolute Gasteiger partial charge is 0.177 e. The van der Waals surface area contributed by atoms with Gasteiger partial charge in [0.25, 0.3) is 0 Å². The van der Waals surface area contributed by atoms with E-state index in [1.54, 1.807) is 19.5 Å². The molecule has 2 aromatic carbocycles. The molecule has 2 heterocycles. The molecule has 0 saturated carbocycles. The molecule has 4 rings (SSSR count). The zero-order chi connectivity index (χ0) is 21.3. The molecular formula is C22H20N4O3S. The standard InChI is InChI=1S/C22H20N4O3S/c1-14-4-5-20(29-2)16(10-14)17-11-15(12-18-22(17)25-9-8-24-18)26-19-13-23-7-6-21(19)30(3,27)28/h4-13,26H,1-3H3. The minimum atomic E-state index is -3.43. The topological polar surface area (TPSA) is 94.1 Å². The maximum Gasteiger partial charge on any atom is 0.177 e. The molecule has 1 N–H and O–H groups in total. The van der Waals surface area contributed by atoms with Gasteiger partial charge >= 0.3 is 0 Å². The van der Waals surface area contributed by atoms with Crippen LogP contribution in [-0.4, -0.2) is 36.7 Å². The molecule has 0 aliphatic rings. The first-order valence-electron chi connectivity index (χ1n) is 9.17. The summed E-state index contributed by atoms with van der Waals surface area (Å²) < 4.78 is 29.9. The molecule has 30 heavy (non-hydrogen) atoms. The highest BCUT2D eigenvalue weighted by atomic mass is 32.2. The summed E-state index contributed by atoms with van der Waals surface area (Å²) in [5.74, 6) is 0.711. The number of rotatable bonds is 5. The van der Waals surface area contributed by atoms with Crippen molar-refractivity contribution >= 4 is 32.2 Å². The van der Waals surface area contributed by atoms with E-state index in [2.05, 4.69) is 20.3 Å². The summed E-state index contributed by atoms with van der Waals surface area (Å²) in [7, 11) is -1.80. The second-order valence-electron chi connectivity index (χ2n) is 6.92. The van der Waals surface area contributed by atoms with Crippen LogP contribution in [0.1, 0.15) is 5.56 Å². The fourth-order valence-electron chi connectivity index (χ4n) is 3.34. The summed E-state index contributed by atoms with van der Waals surface area (Å²) >= 11 is 0. The quantitative estimate of drug-likeness (QED) is 0.518. The molecule has 152 valence electrons. The first-order chi connectivity index (χ1) is 14.4. The van der Waals surface area contributed by atoms with E-state index >= 15 is 0 Å². The molecule has 0 bridgehead atoms. The summed E-state index contributed by atoms with van der Waals surface area (Å²) in [5.41, 5.74) is 5.24. The number of hydrogen-bond donors (Lipinski definition) is 1. The van der Waals surface area contributed by atoms with E-state index in [1.807, 2.05) is 37.3 Å². The predicted octanol–water partition coefficient (Wildman–Crippen LogP) is 4.16. The van der Waals surface area contributed by atoms with Gasteiger partial charge in [-0.3, -0.25) is 15.0 Å². The van der Waals surface area contributed by atoms with Crippen LogP contribution < -0.4 is 10.1 Å². The van der Waals surface area contributed by atoms with Crippen molar-refractivity contribution in [2.75, 3.05) is 18.7 Å². The Morgan fingerprint density at radius 1 is 0.967 bits per heavy atom. The number of aryl methyl sites for hydroxylation is 1. The van der Waals surface area contributed by atoms with Crippen molar-refractivity contribution in [2.45, 2.75) is 11.8 Å². The van der Waals surface area contributed by atoms with Crippen LogP contribution in [0.4, 0.5) is 11.4 Å². The van der Waals surface area contributed by atoms with E-state index in [0.29, 0.717) is 22.6 Å². The van der Waals surface area contributed by atoms with Gasteiger partial charge in [0.2, 0.25) is 0 Å². The van der Waals surface area contributed by atoms with Crippen LogP contribution in [-0.2, 0) is 9.84 Å². The number of fused-ring (bicyclic) bond motifs is 1. The predicted molar refractivity (Wildman–Crippen MR) is 117 cm³/mol. The van der Waals surface area contributed by atoms with Crippen LogP contribution in [0, 0.1) is 6.92 Å². The van der Waals surface area contributed by atoms with E-state index < -0.39 is 9.84 Å². The van der Waals surface area contributed by atoms with Gasteiger partial charge in [0.05, 0.1) is 34.9 Å². The highest BCUT2D eigenvalue weighted by Crippen LogP contribution is 2.37. The summed E-state index contributed by atoms with van der Waals surface area (Å²) in [6, 6.07) is 11.1. The second-order valence-corrected chi connectivity index (χ2v) is 8.90. The van der Waals surface area contributed by atoms with Gasteiger partial charge in [-0.05, 0) is 37.3 Å². The number of ether oxygens (including phenoxy) is 1. The van der Waals surface area contributed by atoms with E-state index in [1.165, 1.54) is 24.7 Å². The van der Waals surface area contributed by atoms with Crippen LogP contribution in [0.15, 0.2) is 66.1 Å². The monoisotopic (exact) mass is 420 g/mol. The number of nitrogens with one attached hydrogen (secondary N) is 1. The van der Waals surface area contributed by atoms with Gasteiger partial charge in [0.1, 0.15) is 5.75 Å². The van der Waals surface area contributed by atoms with E-state index in [0.717, 1.165) is 22.2 Å². The Balaban J connectivity index is 1.92. The molecule has 0 fully saturated rings. The summed E-state index contributed by atoms with van der Waals surface area (Å²) in [6.07, 6.45) is 7.38. The Morgan fingerprint density at radius 2 is 1.77 bits per heavy atom. The average Bonchev–Trinajstić information content (AvgIpc) is 2.73. The minimum absolute atomic E-state index is 0.173. The summed E-state index contributed by atoms with van der Waals surface area (Å²) in [5, 5.41) is 3.18. The van der Waals surface area contributed by atoms with Gasteiger partial charge in [0, 0.05) is 41.7 Å². The number of benzene rings is 2. The lowest BCUT2D eigenvalue weighted by molar-refractivity contribution is 0.416.